The van der Waals surface area contributed by atoms with Crippen molar-refractivity contribution in [3.63, 3.8) is 0 Å². The number of amides is 1. The minimum Gasteiger partial charge on any atom is -0.481 e. The molecule has 0 fully saturated rings. The van der Waals surface area contributed by atoms with Crippen molar-refractivity contribution in [2.24, 2.45) is 5.92 Å². The molecular formula is C21H37NO7. The molecule has 0 aliphatic heterocycles. The van der Waals surface area contributed by atoms with E-state index in [1.54, 1.807) is 6.92 Å². The van der Waals surface area contributed by atoms with Crippen molar-refractivity contribution in [1.29, 1.82) is 0 Å². The van der Waals surface area contributed by atoms with Crippen molar-refractivity contribution in [2.45, 2.75) is 97.6 Å². The third kappa shape index (κ3) is 14.5. The number of hydrogen-bond donors (Lipinski definition) is 2. The largest absolute Gasteiger partial charge is 0.481 e. The number of rotatable bonds is 16. The molecule has 0 aromatic heterocycles. The summed E-state index contributed by atoms with van der Waals surface area (Å²) in [6, 6.07) is -0.749. The quantitative estimate of drug-likeness (QED) is 0.293. The first-order valence-corrected chi connectivity index (χ1v) is 10.5. The summed E-state index contributed by atoms with van der Waals surface area (Å²) in [5.41, 5.74) is 0. The number of ether oxygens (including phenoxy) is 2. The molecule has 3 unspecified atom stereocenters. The maximum atomic E-state index is 12.7. The molecular weight excluding hydrogens is 378 g/mol. The zero-order valence-electron chi connectivity index (χ0n) is 18.2. The van der Waals surface area contributed by atoms with Crippen LogP contribution in [0.3, 0.4) is 0 Å². The molecule has 0 bridgehead atoms. The number of unbranched alkanes of at least 4 members (excludes halogenated alkanes) is 6. The topological polar surface area (TPSA) is 119 Å². The van der Waals surface area contributed by atoms with E-state index < -0.39 is 41.9 Å². The lowest BCUT2D eigenvalue weighted by molar-refractivity contribution is -0.151. The van der Waals surface area contributed by atoms with Gasteiger partial charge in [0.15, 0.2) is 0 Å². The molecule has 0 heterocycles. The second-order valence-electron chi connectivity index (χ2n) is 7.44. The van der Waals surface area contributed by atoms with Crippen LogP contribution < -0.4 is 5.32 Å². The van der Waals surface area contributed by atoms with Crippen LogP contribution in [0.25, 0.3) is 0 Å². The van der Waals surface area contributed by atoms with Crippen LogP contribution in [0.15, 0.2) is 0 Å². The Hall–Kier alpha value is -2.12. The lowest BCUT2D eigenvalue weighted by Gasteiger charge is -2.26. The maximum Gasteiger partial charge on any atom is 0.304 e. The maximum absolute atomic E-state index is 12.7. The van der Waals surface area contributed by atoms with Gasteiger partial charge in [0, 0.05) is 19.8 Å². The first-order valence-electron chi connectivity index (χ1n) is 10.5. The number of hydrogen-bond acceptors (Lipinski definition) is 6. The predicted octanol–water partition coefficient (Wildman–Crippen LogP) is 3.22. The number of carboxylic acids is 1. The van der Waals surface area contributed by atoms with Gasteiger partial charge in [0.05, 0.1) is 12.5 Å². The number of aliphatic carboxylic acids is 1. The Morgan fingerprint density at radius 2 is 1.52 bits per heavy atom. The summed E-state index contributed by atoms with van der Waals surface area (Å²) in [5, 5.41) is 11.8. The average molecular weight is 416 g/mol. The molecule has 0 saturated heterocycles. The summed E-state index contributed by atoms with van der Waals surface area (Å²) >= 11 is 0. The van der Waals surface area contributed by atoms with E-state index in [0.29, 0.717) is 6.42 Å². The summed E-state index contributed by atoms with van der Waals surface area (Å²) in [5.74, 6) is -3.21. The van der Waals surface area contributed by atoms with Gasteiger partial charge in [-0.1, -0.05) is 51.9 Å². The van der Waals surface area contributed by atoms with Gasteiger partial charge in [-0.05, 0) is 13.3 Å². The molecule has 168 valence electrons. The zero-order chi connectivity index (χ0) is 22.2. The van der Waals surface area contributed by atoms with E-state index in [1.165, 1.54) is 33.1 Å². The lowest BCUT2D eigenvalue weighted by atomic mass is 9.95. The monoisotopic (exact) mass is 415 g/mol. The van der Waals surface area contributed by atoms with Gasteiger partial charge in [-0.15, -0.1) is 0 Å². The van der Waals surface area contributed by atoms with E-state index in [2.05, 4.69) is 12.2 Å². The summed E-state index contributed by atoms with van der Waals surface area (Å²) in [7, 11) is 0. The van der Waals surface area contributed by atoms with Gasteiger partial charge in [0.25, 0.3) is 0 Å². The van der Waals surface area contributed by atoms with Gasteiger partial charge < -0.3 is 19.9 Å². The highest BCUT2D eigenvalue weighted by atomic mass is 16.6. The van der Waals surface area contributed by atoms with Gasteiger partial charge in [0.1, 0.15) is 12.7 Å². The molecule has 2 N–H and O–H groups in total. The molecule has 3 atom stereocenters. The summed E-state index contributed by atoms with van der Waals surface area (Å²) < 4.78 is 10.0. The molecule has 0 aliphatic rings. The van der Waals surface area contributed by atoms with E-state index in [9.17, 15) is 19.2 Å². The standard InChI is InChI=1S/C21H37NO7/c1-5-6-7-8-9-10-11-12-18(13-20(25)26)21(27)22-19(14-28-16(3)23)15(2)29-17(4)24/h15,18-19H,5-14H2,1-4H3,(H,22,27)(H,25,26). The Kier molecular flexibility index (Phi) is 14.6. The van der Waals surface area contributed by atoms with Crippen LogP contribution in [0.1, 0.15) is 85.5 Å². The average Bonchev–Trinajstić information content (AvgIpc) is 2.62. The van der Waals surface area contributed by atoms with Crippen LogP contribution in [-0.2, 0) is 28.7 Å². The van der Waals surface area contributed by atoms with Crippen molar-refractivity contribution in [2.75, 3.05) is 6.61 Å². The molecule has 1 amide bonds. The van der Waals surface area contributed by atoms with Crippen molar-refractivity contribution in [1.82, 2.24) is 5.32 Å². The first kappa shape index (κ1) is 26.9. The molecule has 8 heteroatoms. The van der Waals surface area contributed by atoms with Crippen LogP contribution in [0.2, 0.25) is 0 Å². The van der Waals surface area contributed by atoms with Crippen molar-refractivity contribution >= 4 is 23.8 Å². The number of carbonyl (C=O) groups excluding carboxylic acids is 3. The van der Waals surface area contributed by atoms with Crippen molar-refractivity contribution in [3.8, 4) is 0 Å². The Morgan fingerprint density at radius 3 is 2.03 bits per heavy atom. The normalized spacial score (nSPS) is 13.8. The van der Waals surface area contributed by atoms with Crippen LogP contribution >= 0.6 is 0 Å². The fourth-order valence-electron chi connectivity index (χ4n) is 3.03. The Labute approximate surface area is 173 Å². The fourth-order valence-corrected chi connectivity index (χ4v) is 3.03. The van der Waals surface area contributed by atoms with Gasteiger partial charge in [-0.2, -0.15) is 0 Å². The molecule has 29 heavy (non-hydrogen) atoms. The van der Waals surface area contributed by atoms with Crippen molar-refractivity contribution < 1.29 is 33.8 Å². The fraction of sp³-hybridized carbons (Fsp3) is 0.810. The van der Waals surface area contributed by atoms with Crippen LogP contribution in [0.4, 0.5) is 0 Å². The van der Waals surface area contributed by atoms with Crippen LogP contribution in [-0.4, -0.2) is 47.7 Å². The molecule has 8 nitrogen and oxygen atoms in total. The van der Waals surface area contributed by atoms with Gasteiger partial charge >= 0.3 is 17.9 Å². The van der Waals surface area contributed by atoms with Gasteiger partial charge in [-0.25, -0.2) is 0 Å². The van der Waals surface area contributed by atoms with Gasteiger partial charge in [0.2, 0.25) is 5.91 Å². The second kappa shape index (κ2) is 15.8. The smallest absolute Gasteiger partial charge is 0.304 e. The molecule has 0 aliphatic carbocycles. The number of carbonyl (C=O) groups is 4. The number of esters is 2. The molecule has 0 rings (SSSR count). The minimum atomic E-state index is -1.04. The van der Waals surface area contributed by atoms with E-state index >= 15 is 0 Å². The SMILES string of the molecule is CCCCCCCCCC(CC(=O)O)C(=O)NC(COC(C)=O)C(C)OC(C)=O. The molecule has 0 saturated carbocycles. The third-order valence-electron chi connectivity index (χ3n) is 4.66. The highest BCUT2D eigenvalue weighted by Crippen LogP contribution is 2.17. The van der Waals surface area contributed by atoms with E-state index in [4.69, 9.17) is 14.6 Å². The van der Waals surface area contributed by atoms with Crippen LogP contribution in [0, 0.1) is 5.92 Å². The molecule has 0 aromatic rings. The highest BCUT2D eigenvalue weighted by Gasteiger charge is 2.28. The van der Waals surface area contributed by atoms with E-state index in [0.717, 1.165) is 25.7 Å². The van der Waals surface area contributed by atoms with Crippen molar-refractivity contribution in [3.05, 3.63) is 0 Å². The van der Waals surface area contributed by atoms with E-state index in [-0.39, 0.29) is 13.0 Å². The predicted molar refractivity (Wildman–Crippen MR) is 108 cm³/mol. The Morgan fingerprint density at radius 1 is 0.931 bits per heavy atom. The zero-order valence-corrected chi connectivity index (χ0v) is 18.2. The number of nitrogens with one attached hydrogen (secondary N) is 1. The number of carboxylic acid groups (broad SMARTS) is 1. The molecule has 0 radical (unpaired) electrons. The van der Waals surface area contributed by atoms with Crippen LogP contribution in [0.5, 0.6) is 0 Å². The van der Waals surface area contributed by atoms with Gasteiger partial charge in [-0.3, -0.25) is 19.2 Å². The first-order chi connectivity index (χ1) is 13.7. The molecule has 0 aromatic carbocycles. The summed E-state index contributed by atoms with van der Waals surface area (Å²) in [6.45, 7) is 6.06. The Bertz CT molecular complexity index is 521. The highest BCUT2D eigenvalue weighted by molar-refractivity contribution is 5.83. The third-order valence-corrected chi connectivity index (χ3v) is 4.66. The second-order valence-corrected chi connectivity index (χ2v) is 7.44. The Balaban J connectivity index is 4.78. The summed E-state index contributed by atoms with van der Waals surface area (Å²) in [4.78, 5) is 46.2. The summed E-state index contributed by atoms with van der Waals surface area (Å²) in [6.07, 6.45) is 7.00. The minimum absolute atomic E-state index is 0.160. The lowest BCUT2D eigenvalue weighted by Crippen LogP contribution is -2.49. The molecule has 0 spiro atoms. The van der Waals surface area contributed by atoms with E-state index in [1.807, 2.05) is 0 Å².